The van der Waals surface area contributed by atoms with E-state index in [2.05, 4.69) is 34.6 Å². The molecular formula is C48H92O6. The van der Waals surface area contributed by atoms with Crippen molar-refractivity contribution < 1.29 is 28.6 Å². The van der Waals surface area contributed by atoms with Gasteiger partial charge in [0.25, 0.3) is 0 Å². The molecule has 0 aromatic heterocycles. The van der Waals surface area contributed by atoms with E-state index in [1.165, 1.54) is 141 Å². The standard InChI is InChI=1S/C48H92O6/c1-6-8-9-26-35-40-48(51)54-45(42-53-47(50)39-34-30-25-24-27-31-36-43(3)4)41-52-46(49)38-33-29-23-21-19-17-15-13-11-10-12-14-16-18-20-22-28-32-37-44(5)7-2/h43-45H,6-42H2,1-5H3/t44?,45-/m1/s1. The third-order valence-corrected chi connectivity index (χ3v) is 11.1. The van der Waals surface area contributed by atoms with Crippen LogP contribution in [-0.4, -0.2) is 37.2 Å². The van der Waals surface area contributed by atoms with E-state index in [4.69, 9.17) is 14.2 Å². The molecule has 0 spiro atoms. The molecule has 0 N–H and O–H groups in total. The predicted molar refractivity (Wildman–Crippen MR) is 229 cm³/mol. The van der Waals surface area contributed by atoms with Gasteiger partial charge in [-0.15, -0.1) is 0 Å². The molecule has 0 heterocycles. The van der Waals surface area contributed by atoms with Crippen LogP contribution < -0.4 is 0 Å². The zero-order chi connectivity index (χ0) is 39.7. The molecule has 0 aromatic rings. The van der Waals surface area contributed by atoms with Gasteiger partial charge < -0.3 is 14.2 Å². The van der Waals surface area contributed by atoms with E-state index in [-0.39, 0.29) is 31.1 Å². The Morgan fingerprint density at radius 1 is 0.389 bits per heavy atom. The smallest absolute Gasteiger partial charge is 0.306 e. The highest BCUT2D eigenvalue weighted by Gasteiger charge is 2.19. The maximum atomic E-state index is 12.5. The van der Waals surface area contributed by atoms with Gasteiger partial charge in [0.2, 0.25) is 0 Å². The molecule has 0 fully saturated rings. The van der Waals surface area contributed by atoms with Crippen LogP contribution in [0.2, 0.25) is 0 Å². The van der Waals surface area contributed by atoms with Gasteiger partial charge in [-0.05, 0) is 31.1 Å². The maximum absolute atomic E-state index is 12.5. The number of carbonyl (C=O) groups excluding carboxylic acids is 3. The first kappa shape index (κ1) is 52.4. The minimum atomic E-state index is -0.758. The van der Waals surface area contributed by atoms with Crippen molar-refractivity contribution in [2.75, 3.05) is 13.2 Å². The number of carbonyl (C=O) groups is 3. The molecule has 2 atom stereocenters. The second-order valence-electron chi connectivity index (χ2n) is 17.1. The summed E-state index contributed by atoms with van der Waals surface area (Å²) in [7, 11) is 0. The molecule has 0 bridgehead atoms. The van der Waals surface area contributed by atoms with E-state index in [0.717, 1.165) is 76.0 Å². The molecule has 320 valence electrons. The van der Waals surface area contributed by atoms with Gasteiger partial charge in [0.05, 0.1) is 0 Å². The summed E-state index contributed by atoms with van der Waals surface area (Å²) in [6, 6.07) is 0. The molecule has 0 saturated heterocycles. The second-order valence-corrected chi connectivity index (χ2v) is 17.1. The largest absolute Gasteiger partial charge is 0.462 e. The van der Waals surface area contributed by atoms with Crippen LogP contribution in [0.15, 0.2) is 0 Å². The Balaban J connectivity index is 3.99. The van der Waals surface area contributed by atoms with Gasteiger partial charge in [-0.1, -0.05) is 221 Å². The lowest BCUT2D eigenvalue weighted by Crippen LogP contribution is -2.30. The lowest BCUT2D eigenvalue weighted by molar-refractivity contribution is -0.167. The van der Waals surface area contributed by atoms with Crippen LogP contribution in [0.3, 0.4) is 0 Å². The molecule has 0 aliphatic heterocycles. The van der Waals surface area contributed by atoms with E-state index in [1.54, 1.807) is 0 Å². The van der Waals surface area contributed by atoms with Crippen molar-refractivity contribution in [1.29, 1.82) is 0 Å². The average Bonchev–Trinajstić information content (AvgIpc) is 3.15. The van der Waals surface area contributed by atoms with E-state index in [9.17, 15) is 14.4 Å². The highest BCUT2D eigenvalue weighted by Crippen LogP contribution is 2.17. The molecule has 0 amide bonds. The van der Waals surface area contributed by atoms with E-state index < -0.39 is 6.10 Å². The molecule has 0 saturated carbocycles. The first-order chi connectivity index (χ1) is 26.3. The zero-order valence-corrected chi connectivity index (χ0v) is 36.8. The Morgan fingerprint density at radius 3 is 1.06 bits per heavy atom. The van der Waals surface area contributed by atoms with E-state index in [1.807, 2.05) is 0 Å². The fourth-order valence-corrected chi connectivity index (χ4v) is 7.07. The molecule has 54 heavy (non-hydrogen) atoms. The normalized spacial score (nSPS) is 12.6. The Kier molecular flexibility index (Phi) is 39.8. The molecule has 0 radical (unpaired) electrons. The molecule has 0 rings (SSSR count). The van der Waals surface area contributed by atoms with Crippen molar-refractivity contribution in [3.63, 3.8) is 0 Å². The van der Waals surface area contributed by atoms with Crippen molar-refractivity contribution in [3.05, 3.63) is 0 Å². The van der Waals surface area contributed by atoms with E-state index in [0.29, 0.717) is 19.3 Å². The predicted octanol–water partition coefficient (Wildman–Crippen LogP) is 15.0. The SMILES string of the molecule is CCCCCCCC(=O)O[C@H](COC(=O)CCCCCCCCCCCCCCCCCCCCC(C)CC)COC(=O)CCCCCCCCC(C)C. The fourth-order valence-electron chi connectivity index (χ4n) is 7.07. The molecule has 0 aliphatic rings. The van der Waals surface area contributed by atoms with Gasteiger partial charge in [0.15, 0.2) is 6.10 Å². The number of esters is 3. The summed E-state index contributed by atoms with van der Waals surface area (Å²) in [5.41, 5.74) is 0. The summed E-state index contributed by atoms with van der Waals surface area (Å²) in [6.07, 6.45) is 40.0. The van der Waals surface area contributed by atoms with Gasteiger partial charge in [0.1, 0.15) is 13.2 Å². The highest BCUT2D eigenvalue weighted by molar-refractivity contribution is 5.71. The monoisotopic (exact) mass is 765 g/mol. The Bertz CT molecular complexity index is 826. The van der Waals surface area contributed by atoms with E-state index >= 15 is 0 Å². The summed E-state index contributed by atoms with van der Waals surface area (Å²) in [4.78, 5) is 37.4. The minimum absolute atomic E-state index is 0.0667. The Morgan fingerprint density at radius 2 is 0.704 bits per heavy atom. The highest BCUT2D eigenvalue weighted by atomic mass is 16.6. The van der Waals surface area contributed by atoms with Crippen LogP contribution in [0.25, 0.3) is 0 Å². The first-order valence-electron chi connectivity index (χ1n) is 23.8. The molecular weight excluding hydrogens is 673 g/mol. The van der Waals surface area contributed by atoms with Gasteiger partial charge in [-0.3, -0.25) is 14.4 Å². The van der Waals surface area contributed by atoms with Crippen LogP contribution >= 0.6 is 0 Å². The third kappa shape index (κ3) is 40.1. The number of unbranched alkanes of at least 4 members (excludes halogenated alkanes) is 26. The second kappa shape index (κ2) is 41.1. The van der Waals surface area contributed by atoms with Crippen molar-refractivity contribution in [1.82, 2.24) is 0 Å². The maximum Gasteiger partial charge on any atom is 0.306 e. The lowest BCUT2D eigenvalue weighted by Gasteiger charge is -2.18. The number of rotatable bonds is 42. The summed E-state index contributed by atoms with van der Waals surface area (Å²) < 4.78 is 16.6. The number of ether oxygens (including phenoxy) is 3. The molecule has 0 aliphatic carbocycles. The van der Waals surface area contributed by atoms with Crippen LogP contribution in [-0.2, 0) is 28.6 Å². The van der Waals surface area contributed by atoms with Gasteiger partial charge >= 0.3 is 17.9 Å². The summed E-state index contributed by atoms with van der Waals surface area (Å²) in [6.45, 7) is 11.2. The quantitative estimate of drug-likeness (QED) is 0.0350. The number of hydrogen-bond donors (Lipinski definition) is 0. The van der Waals surface area contributed by atoms with Crippen molar-refractivity contribution >= 4 is 17.9 Å². The molecule has 1 unspecified atom stereocenters. The third-order valence-electron chi connectivity index (χ3n) is 11.1. The Labute approximate surface area is 336 Å². The van der Waals surface area contributed by atoms with Crippen molar-refractivity contribution in [2.45, 2.75) is 265 Å². The summed E-state index contributed by atoms with van der Waals surface area (Å²) in [5.74, 6) is 0.798. The molecule has 6 nitrogen and oxygen atoms in total. The average molecular weight is 765 g/mol. The van der Waals surface area contributed by atoms with Gasteiger partial charge in [0, 0.05) is 19.3 Å². The van der Waals surface area contributed by atoms with Crippen LogP contribution in [0.5, 0.6) is 0 Å². The molecule has 0 aromatic carbocycles. The van der Waals surface area contributed by atoms with Crippen LogP contribution in [0, 0.1) is 11.8 Å². The summed E-state index contributed by atoms with van der Waals surface area (Å²) in [5, 5.41) is 0. The van der Waals surface area contributed by atoms with Crippen molar-refractivity contribution in [3.8, 4) is 0 Å². The first-order valence-corrected chi connectivity index (χ1v) is 23.8. The fraction of sp³-hybridized carbons (Fsp3) is 0.938. The van der Waals surface area contributed by atoms with Crippen LogP contribution in [0.4, 0.5) is 0 Å². The Hall–Kier alpha value is -1.59. The number of hydrogen-bond acceptors (Lipinski definition) is 6. The zero-order valence-electron chi connectivity index (χ0n) is 36.8. The van der Waals surface area contributed by atoms with Gasteiger partial charge in [-0.2, -0.15) is 0 Å². The van der Waals surface area contributed by atoms with Gasteiger partial charge in [-0.25, -0.2) is 0 Å². The minimum Gasteiger partial charge on any atom is -0.462 e. The summed E-state index contributed by atoms with van der Waals surface area (Å²) >= 11 is 0. The van der Waals surface area contributed by atoms with Crippen LogP contribution in [0.1, 0.15) is 259 Å². The lowest BCUT2D eigenvalue weighted by atomic mass is 9.99. The molecule has 6 heteroatoms. The topological polar surface area (TPSA) is 78.9 Å². The van der Waals surface area contributed by atoms with Crippen molar-refractivity contribution in [2.24, 2.45) is 11.8 Å².